The van der Waals surface area contributed by atoms with E-state index in [1.807, 2.05) is 30.8 Å². The monoisotopic (exact) mass is 367 g/mol. The molecule has 148 valence electrons. The van der Waals surface area contributed by atoms with E-state index in [4.69, 9.17) is 9.47 Å². The van der Waals surface area contributed by atoms with Crippen molar-refractivity contribution in [3.8, 4) is 0 Å². The SMILES string of the molecule is CN(C)CCCN1CC2(CCN(C(=O)[C@]3(C)CCCCO3)CC2)OC1=O. The molecule has 0 unspecified atom stereocenters. The van der Waals surface area contributed by atoms with Crippen LogP contribution >= 0.6 is 0 Å². The standard InChI is InChI=1S/C19H33N3O4/c1-18(7-4-5-14-25-18)16(23)21-12-8-19(9-13-21)15-22(17(24)26-19)11-6-10-20(2)3/h4-15H2,1-3H3/t18-/m0/s1. The van der Waals surface area contributed by atoms with E-state index in [0.717, 1.165) is 38.8 Å². The van der Waals surface area contributed by atoms with E-state index < -0.39 is 11.2 Å². The molecule has 3 fully saturated rings. The van der Waals surface area contributed by atoms with Crippen LogP contribution in [0, 0.1) is 0 Å². The lowest BCUT2D eigenvalue weighted by Gasteiger charge is -2.42. The van der Waals surface area contributed by atoms with E-state index >= 15 is 0 Å². The van der Waals surface area contributed by atoms with Crippen molar-refractivity contribution in [3.05, 3.63) is 0 Å². The Labute approximate surface area is 156 Å². The number of hydrogen-bond acceptors (Lipinski definition) is 5. The van der Waals surface area contributed by atoms with Crippen LogP contribution < -0.4 is 0 Å². The summed E-state index contributed by atoms with van der Waals surface area (Å²) in [5.74, 6) is 0.0965. The highest BCUT2D eigenvalue weighted by Gasteiger charge is 2.49. The number of carbonyl (C=O) groups is 2. The molecule has 0 radical (unpaired) electrons. The Kier molecular flexibility index (Phi) is 5.77. The largest absolute Gasteiger partial charge is 0.441 e. The zero-order valence-corrected chi connectivity index (χ0v) is 16.5. The first-order valence-corrected chi connectivity index (χ1v) is 9.90. The average molecular weight is 367 g/mol. The summed E-state index contributed by atoms with van der Waals surface area (Å²) in [4.78, 5) is 31.0. The van der Waals surface area contributed by atoms with Gasteiger partial charge in [-0.15, -0.1) is 0 Å². The van der Waals surface area contributed by atoms with Crippen molar-refractivity contribution < 1.29 is 19.1 Å². The first kappa shape index (κ1) is 19.4. The van der Waals surface area contributed by atoms with Crippen LogP contribution in [0.15, 0.2) is 0 Å². The van der Waals surface area contributed by atoms with Gasteiger partial charge in [-0.3, -0.25) is 4.79 Å². The molecule has 1 spiro atoms. The smallest absolute Gasteiger partial charge is 0.410 e. The van der Waals surface area contributed by atoms with Crippen LogP contribution in [0.25, 0.3) is 0 Å². The highest BCUT2D eigenvalue weighted by atomic mass is 16.6. The van der Waals surface area contributed by atoms with Gasteiger partial charge in [0.1, 0.15) is 11.2 Å². The van der Waals surface area contributed by atoms with Crippen LogP contribution in [0.3, 0.4) is 0 Å². The molecule has 0 bridgehead atoms. The minimum atomic E-state index is -0.673. The summed E-state index contributed by atoms with van der Waals surface area (Å²) in [6.45, 7) is 6.19. The molecule has 2 amide bonds. The van der Waals surface area contributed by atoms with Crippen LogP contribution in [0.5, 0.6) is 0 Å². The van der Waals surface area contributed by atoms with E-state index in [9.17, 15) is 9.59 Å². The van der Waals surface area contributed by atoms with Gasteiger partial charge in [-0.05, 0) is 53.2 Å². The molecule has 1 atom stereocenters. The molecule has 0 aliphatic carbocycles. The molecule has 26 heavy (non-hydrogen) atoms. The summed E-state index contributed by atoms with van der Waals surface area (Å²) in [7, 11) is 4.07. The molecule has 3 rings (SSSR count). The molecule has 0 aromatic carbocycles. The predicted molar refractivity (Wildman–Crippen MR) is 98.0 cm³/mol. The maximum Gasteiger partial charge on any atom is 0.410 e. The lowest BCUT2D eigenvalue weighted by atomic mass is 9.88. The number of ether oxygens (including phenoxy) is 2. The molecule has 7 nitrogen and oxygen atoms in total. The molecule has 0 N–H and O–H groups in total. The van der Waals surface area contributed by atoms with Crippen molar-refractivity contribution in [2.75, 3.05) is 53.4 Å². The number of hydrogen-bond donors (Lipinski definition) is 0. The van der Waals surface area contributed by atoms with Gasteiger partial charge in [-0.2, -0.15) is 0 Å². The van der Waals surface area contributed by atoms with E-state index in [1.165, 1.54) is 0 Å². The van der Waals surface area contributed by atoms with Crippen molar-refractivity contribution >= 4 is 12.0 Å². The lowest BCUT2D eigenvalue weighted by molar-refractivity contribution is -0.165. The summed E-state index contributed by atoms with van der Waals surface area (Å²) in [5, 5.41) is 0. The molecule has 3 aliphatic rings. The van der Waals surface area contributed by atoms with Gasteiger partial charge in [-0.25, -0.2) is 4.79 Å². The topological polar surface area (TPSA) is 62.3 Å². The first-order valence-electron chi connectivity index (χ1n) is 9.90. The van der Waals surface area contributed by atoms with Crippen molar-refractivity contribution in [1.82, 2.24) is 14.7 Å². The third-order valence-corrected chi connectivity index (χ3v) is 5.96. The van der Waals surface area contributed by atoms with Crippen molar-refractivity contribution in [3.63, 3.8) is 0 Å². The summed E-state index contributed by atoms with van der Waals surface area (Å²) in [5.41, 5.74) is -1.09. The zero-order chi connectivity index (χ0) is 18.8. The number of likely N-dealkylation sites (tertiary alicyclic amines) is 1. The van der Waals surface area contributed by atoms with E-state index in [0.29, 0.717) is 39.1 Å². The second-order valence-electron chi connectivity index (χ2n) is 8.46. The van der Waals surface area contributed by atoms with Crippen LogP contribution in [-0.4, -0.2) is 91.3 Å². The molecule has 3 aliphatic heterocycles. The Morgan fingerprint density at radius 2 is 1.92 bits per heavy atom. The van der Waals surface area contributed by atoms with Gasteiger partial charge >= 0.3 is 6.09 Å². The van der Waals surface area contributed by atoms with Gasteiger partial charge in [0.05, 0.1) is 6.54 Å². The maximum atomic E-state index is 12.9. The second-order valence-corrected chi connectivity index (χ2v) is 8.46. The summed E-state index contributed by atoms with van der Waals surface area (Å²) >= 11 is 0. The van der Waals surface area contributed by atoms with Gasteiger partial charge < -0.3 is 24.2 Å². The number of nitrogens with zero attached hydrogens (tertiary/aromatic N) is 3. The normalized spacial score (nSPS) is 28.7. The molecule has 7 heteroatoms. The van der Waals surface area contributed by atoms with Gasteiger partial charge in [0.2, 0.25) is 0 Å². The number of rotatable bonds is 5. The minimum Gasteiger partial charge on any atom is -0.441 e. The molecule has 0 aromatic rings. The Hall–Kier alpha value is -1.34. The average Bonchev–Trinajstić information content (AvgIpc) is 2.91. The van der Waals surface area contributed by atoms with Crippen LogP contribution in [0.4, 0.5) is 4.79 Å². The highest BCUT2D eigenvalue weighted by molar-refractivity contribution is 5.85. The van der Waals surface area contributed by atoms with Crippen LogP contribution in [0.1, 0.15) is 45.4 Å². The van der Waals surface area contributed by atoms with E-state index in [1.54, 1.807) is 0 Å². The van der Waals surface area contributed by atoms with Crippen LogP contribution in [0.2, 0.25) is 0 Å². The fraction of sp³-hybridized carbons (Fsp3) is 0.895. The van der Waals surface area contributed by atoms with Crippen molar-refractivity contribution in [2.45, 2.75) is 56.7 Å². The first-order chi connectivity index (χ1) is 12.3. The number of carbonyl (C=O) groups excluding carboxylic acids is 2. The van der Waals surface area contributed by atoms with Gasteiger partial charge in [0.15, 0.2) is 0 Å². The number of amides is 2. The molecule has 0 aromatic heterocycles. The molecule has 3 saturated heterocycles. The Morgan fingerprint density at radius 3 is 2.54 bits per heavy atom. The Balaban J connectivity index is 1.51. The zero-order valence-electron chi connectivity index (χ0n) is 16.5. The van der Waals surface area contributed by atoms with Gasteiger partial charge in [0, 0.05) is 39.1 Å². The lowest BCUT2D eigenvalue weighted by Crippen LogP contribution is -2.55. The molecule has 3 heterocycles. The molecular formula is C19H33N3O4. The summed E-state index contributed by atoms with van der Waals surface area (Å²) < 4.78 is 11.6. The highest BCUT2D eigenvalue weighted by Crippen LogP contribution is 2.35. The summed E-state index contributed by atoms with van der Waals surface area (Å²) in [6.07, 6.45) is 5.03. The predicted octanol–water partition coefficient (Wildman–Crippen LogP) is 1.71. The fourth-order valence-corrected chi connectivity index (χ4v) is 4.26. The number of piperidine rings is 1. The fourth-order valence-electron chi connectivity index (χ4n) is 4.26. The Morgan fingerprint density at radius 1 is 1.19 bits per heavy atom. The third kappa shape index (κ3) is 4.14. The van der Waals surface area contributed by atoms with Gasteiger partial charge in [0.25, 0.3) is 5.91 Å². The Bertz CT molecular complexity index is 523. The van der Waals surface area contributed by atoms with Gasteiger partial charge in [-0.1, -0.05) is 0 Å². The van der Waals surface area contributed by atoms with Crippen LogP contribution in [-0.2, 0) is 14.3 Å². The summed E-state index contributed by atoms with van der Waals surface area (Å²) in [6, 6.07) is 0. The molecule has 0 saturated carbocycles. The third-order valence-electron chi connectivity index (χ3n) is 5.96. The van der Waals surface area contributed by atoms with E-state index in [2.05, 4.69) is 4.90 Å². The van der Waals surface area contributed by atoms with Crippen molar-refractivity contribution in [2.24, 2.45) is 0 Å². The second kappa shape index (κ2) is 7.72. The van der Waals surface area contributed by atoms with Crippen molar-refractivity contribution in [1.29, 1.82) is 0 Å². The quantitative estimate of drug-likeness (QED) is 0.740. The van der Waals surface area contributed by atoms with E-state index in [-0.39, 0.29) is 12.0 Å². The molecular weight excluding hydrogens is 334 g/mol. The maximum absolute atomic E-state index is 12.9. The minimum absolute atomic E-state index is 0.0965.